The van der Waals surface area contributed by atoms with Gasteiger partial charge in [0, 0.05) is 51.7 Å². The first-order valence-electron chi connectivity index (χ1n) is 10.8. The molecule has 1 aromatic heterocycles. The molecule has 1 aliphatic rings. The van der Waals surface area contributed by atoms with Crippen molar-refractivity contribution in [1.29, 1.82) is 0 Å². The van der Waals surface area contributed by atoms with E-state index in [2.05, 4.69) is 50.5 Å². The molecular weight excluding hydrogens is 390 g/mol. The number of fused-ring (bicyclic) bond motifs is 1. The third-order valence-corrected chi connectivity index (χ3v) is 5.82. The molecule has 1 aliphatic heterocycles. The zero-order chi connectivity index (χ0) is 21.6. The second-order valence-electron chi connectivity index (χ2n) is 8.04. The number of amides is 1. The first kappa shape index (κ1) is 21.2. The van der Waals surface area contributed by atoms with Crippen LogP contribution in [-0.4, -0.2) is 64.8 Å². The molecule has 0 atom stereocenters. The van der Waals surface area contributed by atoms with E-state index in [0.29, 0.717) is 23.0 Å². The van der Waals surface area contributed by atoms with Crippen LogP contribution in [0.1, 0.15) is 22.5 Å². The summed E-state index contributed by atoms with van der Waals surface area (Å²) in [4.78, 5) is 29.8. The summed E-state index contributed by atoms with van der Waals surface area (Å²) in [5, 5.41) is 8.26. The molecule has 1 saturated heterocycles. The molecule has 7 heteroatoms. The first-order chi connectivity index (χ1) is 15.1. The highest BCUT2D eigenvalue weighted by Gasteiger charge is 2.18. The highest BCUT2D eigenvalue weighted by Crippen LogP contribution is 2.13. The molecule has 2 aromatic carbocycles. The number of carbonyl (C=O) groups excluding carboxylic acids is 1. The van der Waals surface area contributed by atoms with Gasteiger partial charge < -0.3 is 10.2 Å². The summed E-state index contributed by atoms with van der Waals surface area (Å²) >= 11 is 0. The van der Waals surface area contributed by atoms with Crippen LogP contribution in [0.2, 0.25) is 0 Å². The minimum absolute atomic E-state index is 0.196. The fraction of sp³-hybridized carbons (Fsp3) is 0.375. The second kappa shape index (κ2) is 9.85. The number of rotatable bonds is 7. The van der Waals surface area contributed by atoms with Gasteiger partial charge in [-0.05, 0) is 24.6 Å². The number of nitrogens with one attached hydrogen (secondary N) is 1. The number of aromatic nitrogens is 2. The van der Waals surface area contributed by atoms with Crippen molar-refractivity contribution in [2.75, 3.05) is 39.3 Å². The van der Waals surface area contributed by atoms with Crippen molar-refractivity contribution < 1.29 is 4.79 Å². The van der Waals surface area contributed by atoms with Gasteiger partial charge in [-0.15, -0.1) is 0 Å². The summed E-state index contributed by atoms with van der Waals surface area (Å²) in [6.07, 6.45) is 0.883. The van der Waals surface area contributed by atoms with E-state index >= 15 is 0 Å². The maximum Gasteiger partial charge on any atom is 0.274 e. The smallest absolute Gasteiger partial charge is 0.274 e. The van der Waals surface area contributed by atoms with E-state index in [0.717, 1.165) is 45.7 Å². The highest BCUT2D eigenvalue weighted by atomic mass is 16.2. The fourth-order valence-corrected chi connectivity index (χ4v) is 4.07. The number of hydrogen-bond donors (Lipinski definition) is 1. The summed E-state index contributed by atoms with van der Waals surface area (Å²) in [6.45, 7) is 6.78. The summed E-state index contributed by atoms with van der Waals surface area (Å²) in [7, 11) is 1.57. The molecule has 0 radical (unpaired) electrons. The standard InChI is InChI=1S/C24H29N5O2/c1-27-24(31)21-11-6-5-10-20(21)22(26-27)23(30)25-12-7-13-28-14-16-29(17-15-28)18-19-8-3-2-4-9-19/h2-6,8-11H,7,12-18H2,1H3,(H,25,30). The maximum atomic E-state index is 12.7. The number of benzene rings is 2. The maximum absolute atomic E-state index is 12.7. The van der Waals surface area contributed by atoms with Gasteiger partial charge in [0.05, 0.1) is 5.39 Å². The zero-order valence-corrected chi connectivity index (χ0v) is 18.0. The molecule has 1 fully saturated rings. The Labute approximate surface area is 182 Å². The third kappa shape index (κ3) is 5.18. The van der Waals surface area contributed by atoms with Gasteiger partial charge in [-0.3, -0.25) is 14.5 Å². The largest absolute Gasteiger partial charge is 0.351 e. The molecule has 0 bridgehead atoms. The zero-order valence-electron chi connectivity index (χ0n) is 18.0. The molecule has 1 N–H and O–H groups in total. The molecule has 2 heterocycles. The Kier molecular flexibility index (Phi) is 6.74. The van der Waals surface area contributed by atoms with Crippen molar-refractivity contribution >= 4 is 16.7 Å². The van der Waals surface area contributed by atoms with Crippen molar-refractivity contribution in [2.45, 2.75) is 13.0 Å². The molecule has 0 unspecified atom stereocenters. The molecule has 0 spiro atoms. The van der Waals surface area contributed by atoms with Gasteiger partial charge >= 0.3 is 0 Å². The van der Waals surface area contributed by atoms with Gasteiger partial charge in [0.15, 0.2) is 5.69 Å². The van der Waals surface area contributed by atoms with Crippen molar-refractivity contribution in [1.82, 2.24) is 24.9 Å². The van der Waals surface area contributed by atoms with E-state index in [1.54, 1.807) is 25.2 Å². The number of piperazine rings is 1. The normalized spacial score (nSPS) is 15.3. The Balaban J connectivity index is 1.23. The van der Waals surface area contributed by atoms with E-state index in [1.807, 2.05) is 6.07 Å². The van der Waals surface area contributed by atoms with Crippen LogP contribution in [0, 0.1) is 0 Å². The summed E-state index contributed by atoms with van der Waals surface area (Å²) < 4.78 is 1.23. The second-order valence-corrected chi connectivity index (χ2v) is 8.04. The molecule has 1 amide bonds. The van der Waals surface area contributed by atoms with E-state index in [-0.39, 0.29) is 11.5 Å². The topological polar surface area (TPSA) is 70.5 Å². The number of carbonyl (C=O) groups is 1. The van der Waals surface area contributed by atoms with E-state index in [4.69, 9.17) is 0 Å². The van der Waals surface area contributed by atoms with E-state index in [9.17, 15) is 9.59 Å². The fourth-order valence-electron chi connectivity index (χ4n) is 4.07. The van der Waals surface area contributed by atoms with Gasteiger partial charge in [-0.1, -0.05) is 48.5 Å². The monoisotopic (exact) mass is 419 g/mol. The van der Waals surface area contributed by atoms with Crippen LogP contribution in [0.5, 0.6) is 0 Å². The van der Waals surface area contributed by atoms with Gasteiger partial charge in [0.25, 0.3) is 11.5 Å². The van der Waals surface area contributed by atoms with Gasteiger partial charge in [0.2, 0.25) is 0 Å². The lowest BCUT2D eigenvalue weighted by atomic mass is 10.1. The average Bonchev–Trinajstić information content (AvgIpc) is 2.81. The van der Waals surface area contributed by atoms with E-state index < -0.39 is 0 Å². The molecule has 162 valence electrons. The van der Waals surface area contributed by atoms with Crippen LogP contribution in [0.3, 0.4) is 0 Å². The van der Waals surface area contributed by atoms with Crippen LogP contribution in [0.25, 0.3) is 10.8 Å². The molecular formula is C24H29N5O2. The summed E-state index contributed by atoms with van der Waals surface area (Å²) in [5.41, 5.74) is 1.46. The minimum atomic E-state index is -0.237. The summed E-state index contributed by atoms with van der Waals surface area (Å²) in [5.74, 6) is -0.237. The minimum Gasteiger partial charge on any atom is -0.351 e. The molecule has 0 saturated carbocycles. The third-order valence-electron chi connectivity index (χ3n) is 5.82. The van der Waals surface area contributed by atoms with Gasteiger partial charge in [-0.25, -0.2) is 4.68 Å². The van der Waals surface area contributed by atoms with Crippen LogP contribution < -0.4 is 10.9 Å². The molecule has 31 heavy (non-hydrogen) atoms. The quantitative estimate of drug-likeness (QED) is 0.592. The van der Waals surface area contributed by atoms with Crippen molar-refractivity contribution in [3.8, 4) is 0 Å². The van der Waals surface area contributed by atoms with Gasteiger partial charge in [0.1, 0.15) is 0 Å². The number of hydrogen-bond acceptors (Lipinski definition) is 5. The molecule has 4 rings (SSSR count). The molecule has 0 aliphatic carbocycles. The Bertz CT molecular complexity index is 1090. The lowest BCUT2D eigenvalue weighted by Gasteiger charge is -2.34. The van der Waals surface area contributed by atoms with Crippen LogP contribution in [-0.2, 0) is 13.6 Å². The van der Waals surface area contributed by atoms with Crippen molar-refractivity contribution in [3.05, 3.63) is 76.2 Å². The Hall–Kier alpha value is -3.03. The molecule has 3 aromatic rings. The van der Waals surface area contributed by atoms with E-state index in [1.165, 1.54) is 10.2 Å². The van der Waals surface area contributed by atoms with Crippen LogP contribution >= 0.6 is 0 Å². The number of aryl methyl sites for hydroxylation is 1. The SMILES string of the molecule is Cn1nc(C(=O)NCCCN2CCN(Cc3ccccc3)CC2)c2ccccc2c1=O. The Morgan fingerprint density at radius 3 is 2.32 bits per heavy atom. The van der Waals surface area contributed by atoms with Gasteiger partial charge in [-0.2, -0.15) is 5.10 Å². The first-order valence-corrected chi connectivity index (χ1v) is 10.8. The Morgan fingerprint density at radius 2 is 1.58 bits per heavy atom. The van der Waals surface area contributed by atoms with Crippen molar-refractivity contribution in [3.63, 3.8) is 0 Å². The predicted octanol–water partition coefficient (Wildman–Crippen LogP) is 1.87. The lowest BCUT2D eigenvalue weighted by molar-refractivity contribution is 0.0942. The van der Waals surface area contributed by atoms with Crippen molar-refractivity contribution in [2.24, 2.45) is 7.05 Å². The van der Waals surface area contributed by atoms with Crippen LogP contribution in [0.15, 0.2) is 59.4 Å². The highest BCUT2D eigenvalue weighted by molar-refractivity contribution is 6.04. The summed E-state index contributed by atoms with van der Waals surface area (Å²) in [6, 6.07) is 17.7. The average molecular weight is 420 g/mol. The number of nitrogens with zero attached hydrogens (tertiary/aromatic N) is 4. The Morgan fingerprint density at radius 1 is 0.935 bits per heavy atom. The molecule has 7 nitrogen and oxygen atoms in total. The lowest BCUT2D eigenvalue weighted by Crippen LogP contribution is -2.46. The van der Waals surface area contributed by atoms with Crippen LogP contribution in [0.4, 0.5) is 0 Å². The predicted molar refractivity (Wildman–Crippen MR) is 122 cm³/mol.